The molecule has 0 aliphatic heterocycles. The van der Waals surface area contributed by atoms with Crippen molar-refractivity contribution in [3.8, 4) is 23.0 Å². The van der Waals surface area contributed by atoms with E-state index in [4.69, 9.17) is 14.2 Å². The van der Waals surface area contributed by atoms with Crippen molar-refractivity contribution in [1.82, 2.24) is 5.32 Å². The highest BCUT2D eigenvalue weighted by Crippen LogP contribution is 2.32. The Morgan fingerprint density at radius 1 is 1.00 bits per heavy atom. The predicted octanol–water partition coefficient (Wildman–Crippen LogP) is 3.12. The average molecular weight is 389 g/mol. The highest BCUT2D eigenvalue weighted by Gasteiger charge is 2.12. The molecule has 0 saturated carbocycles. The van der Waals surface area contributed by atoms with Gasteiger partial charge in [0.2, 0.25) is 0 Å². The maximum Gasteiger partial charge on any atom is 0.161 e. The van der Waals surface area contributed by atoms with Gasteiger partial charge in [-0.1, -0.05) is 12.1 Å². The first-order chi connectivity index (χ1) is 13.4. The van der Waals surface area contributed by atoms with Gasteiger partial charge in [0.1, 0.15) is 24.2 Å². The van der Waals surface area contributed by atoms with E-state index in [2.05, 4.69) is 5.32 Å². The molecule has 3 N–H and O–H groups in total. The van der Waals surface area contributed by atoms with Crippen LogP contribution in [0.4, 0.5) is 0 Å². The second kappa shape index (κ2) is 10.8. The number of aliphatic hydroxyl groups is 1. The van der Waals surface area contributed by atoms with Crippen LogP contribution in [0.25, 0.3) is 0 Å². The molecule has 0 spiro atoms. The van der Waals surface area contributed by atoms with Gasteiger partial charge < -0.3 is 29.7 Å². The van der Waals surface area contributed by atoms with Crippen LogP contribution in [0, 0.1) is 20.8 Å². The molecule has 2 aromatic carbocycles. The number of para-hydroxylation sites is 2. The van der Waals surface area contributed by atoms with Gasteiger partial charge in [-0.25, -0.2) is 0 Å². The summed E-state index contributed by atoms with van der Waals surface area (Å²) in [5, 5.41) is 23.3. The normalized spacial score (nSPS) is 11.9. The van der Waals surface area contributed by atoms with Gasteiger partial charge in [0.25, 0.3) is 0 Å². The van der Waals surface area contributed by atoms with Gasteiger partial charge in [-0.2, -0.15) is 0 Å². The number of ether oxygens (including phenoxy) is 3. The first-order valence-electron chi connectivity index (χ1n) is 9.51. The van der Waals surface area contributed by atoms with Gasteiger partial charge in [-0.15, -0.1) is 0 Å². The fraction of sp³-hybridized carbons (Fsp3) is 0.455. The summed E-state index contributed by atoms with van der Waals surface area (Å²) in [7, 11) is 1.62. The quantitative estimate of drug-likeness (QED) is 0.513. The molecule has 154 valence electrons. The highest BCUT2D eigenvalue weighted by atomic mass is 16.5. The van der Waals surface area contributed by atoms with Crippen LogP contribution >= 0.6 is 0 Å². The fourth-order valence-corrected chi connectivity index (χ4v) is 2.81. The SMILES string of the molecule is COc1ccccc1OCCCNC[C@@H](O)COc1cc(C)c(O)c(C)c1C. The lowest BCUT2D eigenvalue weighted by Crippen LogP contribution is -2.32. The lowest BCUT2D eigenvalue weighted by Gasteiger charge is -2.17. The summed E-state index contributed by atoms with van der Waals surface area (Å²) in [4.78, 5) is 0. The van der Waals surface area contributed by atoms with Gasteiger partial charge in [0.05, 0.1) is 13.7 Å². The van der Waals surface area contributed by atoms with E-state index < -0.39 is 6.10 Å². The number of aryl methyl sites for hydroxylation is 1. The molecule has 0 aromatic heterocycles. The minimum Gasteiger partial charge on any atom is -0.507 e. The Hall–Kier alpha value is -2.44. The van der Waals surface area contributed by atoms with Crippen LogP contribution in [-0.2, 0) is 0 Å². The smallest absolute Gasteiger partial charge is 0.161 e. The Kier molecular flexibility index (Phi) is 8.42. The summed E-state index contributed by atoms with van der Waals surface area (Å²) in [5.41, 5.74) is 2.45. The molecule has 0 radical (unpaired) electrons. The summed E-state index contributed by atoms with van der Waals surface area (Å²) in [6.45, 7) is 7.50. The number of rotatable bonds is 11. The molecular formula is C22H31NO5. The number of methoxy groups -OCH3 is 1. The van der Waals surface area contributed by atoms with Crippen LogP contribution in [0.5, 0.6) is 23.0 Å². The van der Waals surface area contributed by atoms with E-state index in [0.29, 0.717) is 24.7 Å². The second-order valence-electron chi connectivity index (χ2n) is 6.81. The van der Waals surface area contributed by atoms with Crippen molar-refractivity contribution in [2.45, 2.75) is 33.3 Å². The number of phenolic OH excluding ortho intramolecular Hbond substituents is 1. The van der Waals surface area contributed by atoms with Crippen LogP contribution in [0.1, 0.15) is 23.1 Å². The molecular weight excluding hydrogens is 358 g/mol. The number of aliphatic hydroxyl groups excluding tert-OH is 1. The Morgan fingerprint density at radius 2 is 1.71 bits per heavy atom. The molecule has 0 heterocycles. The number of benzene rings is 2. The van der Waals surface area contributed by atoms with E-state index in [0.717, 1.165) is 41.2 Å². The third kappa shape index (κ3) is 6.04. The van der Waals surface area contributed by atoms with Gasteiger partial charge >= 0.3 is 0 Å². The molecule has 6 nitrogen and oxygen atoms in total. The first-order valence-corrected chi connectivity index (χ1v) is 9.51. The van der Waals surface area contributed by atoms with Crippen LogP contribution < -0.4 is 19.5 Å². The van der Waals surface area contributed by atoms with Crippen molar-refractivity contribution >= 4 is 0 Å². The number of nitrogens with one attached hydrogen (secondary N) is 1. The number of hydrogen-bond donors (Lipinski definition) is 3. The molecule has 0 aliphatic carbocycles. The number of aromatic hydroxyl groups is 1. The lowest BCUT2D eigenvalue weighted by atomic mass is 10.0. The van der Waals surface area contributed by atoms with Gasteiger partial charge in [0, 0.05) is 6.54 Å². The molecule has 0 aliphatic rings. The molecule has 2 aromatic rings. The largest absolute Gasteiger partial charge is 0.507 e. The lowest BCUT2D eigenvalue weighted by molar-refractivity contribution is 0.105. The standard InChI is InChI=1S/C22H31NO5/c1-15-12-21(16(2)17(3)22(15)25)28-14-18(24)13-23-10-7-11-27-20-9-6-5-8-19(20)26-4/h5-6,8-9,12,18,23-25H,7,10-11,13-14H2,1-4H3/t18-/m1/s1. The molecule has 0 fully saturated rings. The first kappa shape index (κ1) is 21.9. The fourth-order valence-electron chi connectivity index (χ4n) is 2.81. The molecule has 0 bridgehead atoms. The van der Waals surface area contributed by atoms with E-state index >= 15 is 0 Å². The van der Waals surface area contributed by atoms with Crippen molar-refractivity contribution in [1.29, 1.82) is 0 Å². The molecule has 28 heavy (non-hydrogen) atoms. The van der Waals surface area contributed by atoms with Crippen molar-refractivity contribution in [2.75, 3.05) is 33.4 Å². The Morgan fingerprint density at radius 3 is 2.43 bits per heavy atom. The zero-order chi connectivity index (χ0) is 20.5. The minimum atomic E-state index is -0.621. The number of phenols is 1. The minimum absolute atomic E-state index is 0.190. The molecule has 0 saturated heterocycles. The van der Waals surface area contributed by atoms with Crippen molar-refractivity contribution in [3.63, 3.8) is 0 Å². The van der Waals surface area contributed by atoms with Crippen LogP contribution in [0.15, 0.2) is 30.3 Å². The van der Waals surface area contributed by atoms with Crippen molar-refractivity contribution < 1.29 is 24.4 Å². The van der Waals surface area contributed by atoms with Crippen molar-refractivity contribution in [3.05, 3.63) is 47.0 Å². The summed E-state index contributed by atoms with van der Waals surface area (Å²) in [6.07, 6.45) is 0.185. The molecule has 0 amide bonds. The van der Waals surface area contributed by atoms with Crippen LogP contribution in [-0.4, -0.2) is 49.7 Å². The third-order valence-corrected chi connectivity index (χ3v) is 4.64. The highest BCUT2D eigenvalue weighted by molar-refractivity contribution is 5.51. The summed E-state index contributed by atoms with van der Waals surface area (Å²) in [6, 6.07) is 9.35. The molecule has 2 rings (SSSR count). The molecule has 6 heteroatoms. The Balaban J connectivity index is 1.65. The maximum absolute atomic E-state index is 10.1. The summed E-state index contributed by atoms with van der Waals surface area (Å²) < 4.78 is 16.7. The van der Waals surface area contributed by atoms with E-state index in [-0.39, 0.29) is 6.61 Å². The Bertz CT molecular complexity index is 763. The number of hydrogen-bond acceptors (Lipinski definition) is 6. The van der Waals surface area contributed by atoms with Crippen LogP contribution in [0.2, 0.25) is 0 Å². The van der Waals surface area contributed by atoms with Gasteiger partial charge in [-0.05, 0) is 68.6 Å². The van der Waals surface area contributed by atoms with E-state index in [1.807, 2.05) is 45.0 Å². The average Bonchev–Trinajstić information content (AvgIpc) is 2.70. The maximum atomic E-state index is 10.1. The zero-order valence-electron chi connectivity index (χ0n) is 17.1. The monoisotopic (exact) mass is 389 g/mol. The van der Waals surface area contributed by atoms with Gasteiger partial charge in [0.15, 0.2) is 11.5 Å². The zero-order valence-corrected chi connectivity index (χ0v) is 17.1. The van der Waals surface area contributed by atoms with Gasteiger partial charge in [-0.3, -0.25) is 0 Å². The predicted molar refractivity (Wildman–Crippen MR) is 110 cm³/mol. The Labute approximate surface area is 167 Å². The topological polar surface area (TPSA) is 80.2 Å². The second-order valence-corrected chi connectivity index (χ2v) is 6.81. The summed E-state index contributed by atoms with van der Waals surface area (Å²) >= 11 is 0. The third-order valence-electron chi connectivity index (χ3n) is 4.64. The van der Waals surface area contributed by atoms with E-state index in [9.17, 15) is 10.2 Å². The summed E-state index contributed by atoms with van der Waals surface area (Å²) in [5.74, 6) is 2.44. The molecule has 1 atom stereocenters. The van der Waals surface area contributed by atoms with Crippen LogP contribution in [0.3, 0.4) is 0 Å². The molecule has 0 unspecified atom stereocenters. The van der Waals surface area contributed by atoms with Crippen molar-refractivity contribution in [2.24, 2.45) is 0 Å². The van der Waals surface area contributed by atoms with E-state index in [1.165, 1.54) is 0 Å². The van der Waals surface area contributed by atoms with E-state index in [1.54, 1.807) is 13.2 Å².